The molecule has 17 heteroatoms. The van der Waals surface area contributed by atoms with E-state index >= 15 is 0 Å². The summed E-state index contributed by atoms with van der Waals surface area (Å²) < 4.78 is 174. The van der Waals surface area contributed by atoms with Gasteiger partial charge in [-0.3, -0.25) is 0 Å². The van der Waals surface area contributed by atoms with E-state index in [1.165, 1.54) is 0 Å². The van der Waals surface area contributed by atoms with Crippen LogP contribution in [0.15, 0.2) is 0 Å². The molecule has 0 aliphatic rings. The minimum Gasteiger partial charge on any atom is -0.195 e. The van der Waals surface area contributed by atoms with E-state index in [-0.39, 0.29) is 0 Å². The maximum atomic E-state index is 13.0. The minimum absolute atomic E-state index is 0.994. The number of rotatable bonds is 7. The maximum absolute atomic E-state index is 13.0. The molecule has 0 spiro atoms. The van der Waals surface area contributed by atoms with Crippen molar-refractivity contribution in [2.24, 2.45) is 5.41 Å². The van der Waals surface area contributed by atoms with Crippen molar-refractivity contribution in [2.45, 2.75) is 30.4 Å². The largest absolute Gasteiger partial charge is 0.455 e. The maximum Gasteiger partial charge on any atom is 0.455 e. The molecule has 0 aliphatic heterocycles. The first kappa shape index (κ1) is 21.9. The fourth-order valence-corrected chi connectivity index (χ4v) is 1.44. The highest BCUT2D eigenvalue weighted by atomic mass is 19.4. The van der Waals surface area contributed by atoms with E-state index < -0.39 is 35.8 Å². The molecule has 0 aromatic rings. The highest BCUT2D eigenvalue weighted by Crippen LogP contribution is 2.69. The molecular weight excluding hydrogens is 386 g/mol. The van der Waals surface area contributed by atoms with Gasteiger partial charge in [-0.2, -0.15) is 48.3 Å². The van der Waals surface area contributed by atoms with Gasteiger partial charge in [0.05, 0.1) is 0 Å². The topological polar surface area (TPSA) is 27.7 Å². The van der Waals surface area contributed by atoms with Crippen LogP contribution in [-0.4, -0.2) is 30.4 Å². The van der Waals surface area contributed by atoms with Crippen molar-refractivity contribution in [3.05, 3.63) is 0 Å². The van der Waals surface area contributed by atoms with E-state index in [1.807, 2.05) is 0 Å². The number of alkyl halides is 11. The molecule has 0 N–H and O–H groups in total. The summed E-state index contributed by atoms with van der Waals surface area (Å²) in [4.78, 5) is 2.98. The number of hydrogen-bond acceptors (Lipinski definition) is 3. The molecule has 0 heterocycles. The van der Waals surface area contributed by atoms with Crippen LogP contribution in [0, 0.1) is 5.41 Å². The lowest BCUT2D eigenvalue weighted by Gasteiger charge is -2.46. The normalized spacial score (nSPS) is 15.9. The van der Waals surface area contributed by atoms with Gasteiger partial charge in [0.15, 0.2) is 0 Å². The molecule has 23 heavy (non-hydrogen) atoms. The van der Waals surface area contributed by atoms with E-state index in [9.17, 15) is 61.9 Å². The van der Waals surface area contributed by atoms with Crippen molar-refractivity contribution in [2.75, 3.05) is 0 Å². The van der Waals surface area contributed by atoms with Crippen LogP contribution in [0.25, 0.3) is 0 Å². The third-order valence-electron chi connectivity index (χ3n) is 2.43. The average molecular weight is 386 g/mol. The van der Waals surface area contributed by atoms with Crippen molar-refractivity contribution >= 4 is 0 Å². The lowest BCUT2D eigenvalue weighted by atomic mass is 9.76. The summed E-state index contributed by atoms with van der Waals surface area (Å²) in [6.07, 6.45) is -30.6. The predicted molar refractivity (Wildman–Crippen MR) is 34.9 cm³/mol. The molecular formula is C6F14O3. The van der Waals surface area contributed by atoms with Crippen LogP contribution in [0.4, 0.5) is 61.9 Å². The second-order valence-electron chi connectivity index (χ2n) is 3.60. The van der Waals surface area contributed by atoms with Crippen molar-refractivity contribution < 1.29 is 76.7 Å². The van der Waals surface area contributed by atoms with E-state index in [4.69, 9.17) is 0 Å². The Kier molecular flexibility index (Phi) is 5.49. The monoisotopic (exact) mass is 386 g/mol. The summed E-state index contributed by atoms with van der Waals surface area (Å²) in [6.45, 7) is 0. The average Bonchev–Trinajstić information content (AvgIpc) is 2.36. The highest BCUT2D eigenvalue weighted by molar-refractivity contribution is 5.11. The molecule has 0 unspecified atom stereocenters. The van der Waals surface area contributed by atoms with Crippen LogP contribution >= 0.6 is 0 Å². The molecule has 0 radical (unpaired) electrons. The third kappa shape index (κ3) is 2.67. The van der Waals surface area contributed by atoms with Gasteiger partial charge in [0, 0.05) is 0 Å². The molecule has 0 aromatic carbocycles. The predicted octanol–water partition coefficient (Wildman–Crippen LogP) is 4.65. The summed E-state index contributed by atoms with van der Waals surface area (Å²) in [7, 11) is 0. The molecule has 0 fully saturated rings. The van der Waals surface area contributed by atoms with Gasteiger partial charge < -0.3 is 0 Å². The molecule has 0 saturated carbocycles. The van der Waals surface area contributed by atoms with Crippen LogP contribution < -0.4 is 0 Å². The molecule has 140 valence electrons. The minimum atomic E-state index is -8.14. The SMILES string of the molecule is FOC(F)(F)C(C(F)(F)OF)(C(F)(F)OF)C(F)(F)C(F)(F)F. The Bertz CT molecular complexity index is 374. The van der Waals surface area contributed by atoms with E-state index in [2.05, 4.69) is 0 Å². The fraction of sp³-hybridized carbons (Fsp3) is 1.00. The van der Waals surface area contributed by atoms with Crippen LogP contribution in [0.3, 0.4) is 0 Å². The Morgan fingerprint density at radius 1 is 0.435 bits per heavy atom. The van der Waals surface area contributed by atoms with Gasteiger partial charge in [0.1, 0.15) is 0 Å². The van der Waals surface area contributed by atoms with Gasteiger partial charge >= 0.3 is 35.8 Å². The smallest absolute Gasteiger partial charge is 0.195 e. The lowest BCUT2D eigenvalue weighted by Crippen LogP contribution is -2.76. The van der Waals surface area contributed by atoms with Crippen molar-refractivity contribution in [1.82, 2.24) is 0 Å². The summed E-state index contributed by atoms with van der Waals surface area (Å²) in [6, 6.07) is 0. The summed E-state index contributed by atoms with van der Waals surface area (Å²) in [5.41, 5.74) is -8.03. The molecule has 0 atom stereocenters. The molecule has 0 rings (SSSR count). The Morgan fingerprint density at radius 2 is 0.652 bits per heavy atom. The van der Waals surface area contributed by atoms with Gasteiger partial charge in [-0.05, 0) is 13.6 Å². The van der Waals surface area contributed by atoms with E-state index in [0.29, 0.717) is 0 Å². The summed E-state index contributed by atoms with van der Waals surface area (Å²) in [5.74, 6) is -8.14. The Balaban J connectivity index is 7.21. The second-order valence-corrected chi connectivity index (χ2v) is 3.60. The lowest BCUT2D eigenvalue weighted by molar-refractivity contribution is -0.601. The standard InChI is InChI=1S/C6F14O3/c7-2(8,3(9,10)11)1(4(12,13)21-18,5(14,15)22-19)6(16,17)23-20. The van der Waals surface area contributed by atoms with Crippen LogP contribution in [0.5, 0.6) is 0 Å². The zero-order valence-electron chi connectivity index (χ0n) is 9.52. The van der Waals surface area contributed by atoms with Crippen molar-refractivity contribution in [3.8, 4) is 0 Å². The fourth-order valence-electron chi connectivity index (χ4n) is 1.44. The van der Waals surface area contributed by atoms with Crippen molar-refractivity contribution in [1.29, 1.82) is 0 Å². The Labute approximate surface area is 114 Å². The first-order valence-corrected chi connectivity index (χ1v) is 4.40. The first-order chi connectivity index (χ1) is 9.93. The Morgan fingerprint density at radius 3 is 0.783 bits per heavy atom. The molecule has 3 nitrogen and oxygen atoms in total. The molecule has 0 saturated heterocycles. The molecule has 0 amide bonds. The summed E-state index contributed by atoms with van der Waals surface area (Å²) >= 11 is 0. The van der Waals surface area contributed by atoms with E-state index in [0.717, 1.165) is 14.8 Å². The van der Waals surface area contributed by atoms with Crippen LogP contribution in [0.2, 0.25) is 0 Å². The van der Waals surface area contributed by atoms with Crippen LogP contribution in [-0.2, 0) is 14.8 Å². The van der Waals surface area contributed by atoms with Gasteiger partial charge in [0.25, 0.3) is 0 Å². The molecule has 0 aliphatic carbocycles. The molecule has 0 bridgehead atoms. The van der Waals surface area contributed by atoms with E-state index in [1.54, 1.807) is 0 Å². The zero-order valence-corrected chi connectivity index (χ0v) is 9.52. The van der Waals surface area contributed by atoms with Gasteiger partial charge in [-0.25, -0.2) is 0 Å². The van der Waals surface area contributed by atoms with Crippen LogP contribution in [0.1, 0.15) is 0 Å². The Hall–Kier alpha value is -1.10. The highest BCUT2D eigenvalue weighted by Gasteiger charge is 2.99. The third-order valence-corrected chi connectivity index (χ3v) is 2.43. The first-order valence-electron chi connectivity index (χ1n) is 4.40. The summed E-state index contributed by atoms with van der Waals surface area (Å²) in [5, 5.41) is 0. The van der Waals surface area contributed by atoms with Crippen molar-refractivity contribution in [3.63, 3.8) is 0 Å². The number of hydrogen-bond donors (Lipinski definition) is 0. The van der Waals surface area contributed by atoms with Gasteiger partial charge in [-0.1, -0.05) is 0 Å². The number of halogens is 14. The van der Waals surface area contributed by atoms with Gasteiger partial charge in [0.2, 0.25) is 0 Å². The zero-order chi connectivity index (χ0) is 19.1. The second kappa shape index (κ2) is 5.76. The molecule has 0 aromatic heterocycles. The van der Waals surface area contributed by atoms with Gasteiger partial charge in [-0.15, -0.1) is 14.8 Å². The quantitative estimate of drug-likeness (QED) is 0.597.